The lowest BCUT2D eigenvalue weighted by atomic mass is 9.94. The third-order valence-electron chi connectivity index (χ3n) is 5.03. The summed E-state index contributed by atoms with van der Waals surface area (Å²) in [6.07, 6.45) is 12.6. The molecule has 1 aromatic carbocycles. The summed E-state index contributed by atoms with van der Waals surface area (Å²) >= 11 is 5.56. The molecule has 0 spiro atoms. The van der Waals surface area contributed by atoms with Gasteiger partial charge in [0.15, 0.2) is 16.6 Å². The molecular weight excluding hydrogens is 360 g/mol. The Kier molecular flexibility index (Phi) is 6.02. The molecule has 0 atom stereocenters. The number of likely N-dealkylation sites (N-methyl/N-ethyl adjacent to an activating group) is 1. The fraction of sp³-hybridized carbons (Fsp3) is 0.429. The Morgan fingerprint density at radius 3 is 2.70 bits per heavy atom. The zero-order valence-electron chi connectivity index (χ0n) is 15.7. The van der Waals surface area contributed by atoms with Crippen LogP contribution in [0.2, 0.25) is 0 Å². The molecule has 2 aliphatic rings. The Balaban J connectivity index is 1.86. The second-order valence-corrected chi connectivity index (χ2v) is 7.11. The summed E-state index contributed by atoms with van der Waals surface area (Å²) in [7, 11) is 3.41. The summed E-state index contributed by atoms with van der Waals surface area (Å²) in [4.78, 5) is 16.6. The smallest absolute Gasteiger partial charge is 0.277 e. The molecule has 1 aromatic rings. The van der Waals surface area contributed by atoms with Gasteiger partial charge in [-0.1, -0.05) is 31.2 Å². The number of hydrogen-bond donors (Lipinski definition) is 0. The summed E-state index contributed by atoms with van der Waals surface area (Å²) in [5.41, 5.74) is 1.41. The first-order valence-corrected chi connectivity index (χ1v) is 9.55. The Morgan fingerprint density at radius 2 is 2.04 bits per heavy atom. The van der Waals surface area contributed by atoms with Crippen molar-refractivity contribution in [2.75, 3.05) is 20.8 Å². The maximum absolute atomic E-state index is 13.0. The normalized spacial score (nSPS) is 19.5. The molecule has 1 amide bonds. The molecule has 1 heterocycles. The maximum atomic E-state index is 13.0. The van der Waals surface area contributed by atoms with Crippen LogP contribution in [0.25, 0.3) is 6.08 Å². The van der Waals surface area contributed by atoms with E-state index < -0.39 is 0 Å². The van der Waals surface area contributed by atoms with Gasteiger partial charge in [0.05, 0.1) is 7.11 Å². The molecule has 0 aromatic heterocycles. The number of carbonyl (C=O) groups is 1. The van der Waals surface area contributed by atoms with Gasteiger partial charge in [-0.2, -0.15) is 0 Å². The van der Waals surface area contributed by atoms with Crippen molar-refractivity contribution in [3.8, 4) is 23.8 Å². The number of ether oxygens (including phenoxy) is 2. The lowest BCUT2D eigenvalue weighted by Gasteiger charge is -2.30. The van der Waals surface area contributed by atoms with Crippen LogP contribution in [0.15, 0.2) is 23.9 Å². The van der Waals surface area contributed by atoms with Crippen molar-refractivity contribution in [3.63, 3.8) is 0 Å². The molecule has 0 unspecified atom stereocenters. The number of benzene rings is 1. The Hall–Kier alpha value is -2.52. The Bertz CT molecular complexity index is 806. The Morgan fingerprint density at radius 1 is 1.30 bits per heavy atom. The van der Waals surface area contributed by atoms with Crippen LogP contribution in [0.4, 0.5) is 0 Å². The average molecular weight is 385 g/mol. The molecule has 3 rings (SSSR count). The molecule has 1 saturated heterocycles. The van der Waals surface area contributed by atoms with Crippen LogP contribution in [0.1, 0.15) is 37.7 Å². The highest BCUT2D eigenvalue weighted by atomic mass is 32.1. The first kappa shape index (κ1) is 19.2. The highest BCUT2D eigenvalue weighted by Crippen LogP contribution is 2.32. The average Bonchev–Trinajstić information content (AvgIpc) is 2.90. The molecule has 142 valence electrons. The number of amides is 1. The van der Waals surface area contributed by atoms with Crippen LogP contribution in [-0.4, -0.2) is 47.6 Å². The van der Waals surface area contributed by atoms with E-state index in [9.17, 15) is 4.79 Å². The lowest BCUT2D eigenvalue weighted by molar-refractivity contribution is -0.124. The van der Waals surface area contributed by atoms with Crippen LogP contribution in [0, 0.1) is 12.3 Å². The number of hydrogen-bond acceptors (Lipinski definition) is 4. The van der Waals surface area contributed by atoms with E-state index in [0.717, 1.165) is 31.2 Å². The SMILES string of the molecule is C#CCOc1ccc(C=C2C(=O)N(C3CCCCC3)C(=S)N2C)cc1OC. The van der Waals surface area contributed by atoms with Gasteiger partial charge in [-0.25, -0.2) is 0 Å². The minimum atomic E-state index is -0.0268. The third-order valence-corrected chi connectivity index (χ3v) is 5.50. The molecule has 5 nitrogen and oxygen atoms in total. The molecule has 6 heteroatoms. The van der Waals surface area contributed by atoms with Crippen molar-refractivity contribution in [2.24, 2.45) is 0 Å². The maximum Gasteiger partial charge on any atom is 0.277 e. The topological polar surface area (TPSA) is 42.0 Å². The van der Waals surface area contributed by atoms with Gasteiger partial charge < -0.3 is 14.4 Å². The zero-order chi connectivity index (χ0) is 19.4. The number of methoxy groups -OCH3 is 1. The van der Waals surface area contributed by atoms with Crippen molar-refractivity contribution in [2.45, 2.75) is 38.1 Å². The van der Waals surface area contributed by atoms with Crippen LogP contribution < -0.4 is 9.47 Å². The minimum Gasteiger partial charge on any atom is -0.493 e. The molecule has 0 N–H and O–H groups in total. The van der Waals surface area contributed by atoms with Crippen LogP contribution in [0.3, 0.4) is 0 Å². The first-order chi connectivity index (χ1) is 13.1. The van der Waals surface area contributed by atoms with E-state index in [0.29, 0.717) is 22.3 Å². The van der Waals surface area contributed by atoms with Gasteiger partial charge >= 0.3 is 0 Å². The summed E-state index contributed by atoms with van der Waals surface area (Å²) in [5, 5.41) is 0.582. The van der Waals surface area contributed by atoms with Gasteiger partial charge in [0.1, 0.15) is 12.3 Å². The summed E-state index contributed by atoms with van der Waals surface area (Å²) in [5.74, 6) is 3.55. The van der Waals surface area contributed by atoms with Crippen molar-refractivity contribution in [1.82, 2.24) is 9.80 Å². The molecule has 0 radical (unpaired) electrons. The zero-order valence-corrected chi connectivity index (χ0v) is 16.6. The molecule has 0 bridgehead atoms. The Labute approximate surface area is 165 Å². The van der Waals surface area contributed by atoms with E-state index in [1.807, 2.05) is 25.3 Å². The second-order valence-electron chi connectivity index (χ2n) is 6.74. The van der Waals surface area contributed by atoms with Crippen LogP contribution in [-0.2, 0) is 4.79 Å². The van der Waals surface area contributed by atoms with Gasteiger partial charge in [0, 0.05) is 13.1 Å². The molecule has 1 aliphatic heterocycles. The third kappa shape index (κ3) is 3.93. The molecule has 1 saturated carbocycles. The van der Waals surface area contributed by atoms with Gasteiger partial charge in [-0.3, -0.25) is 9.69 Å². The quantitative estimate of drug-likeness (QED) is 0.442. The molecular formula is C21H24N2O3S. The fourth-order valence-electron chi connectivity index (χ4n) is 3.61. The number of carbonyl (C=O) groups excluding carboxylic acids is 1. The highest BCUT2D eigenvalue weighted by Gasteiger charge is 2.40. The molecule has 2 fully saturated rings. The number of nitrogens with zero attached hydrogens (tertiary/aromatic N) is 2. The highest BCUT2D eigenvalue weighted by molar-refractivity contribution is 7.80. The van der Waals surface area contributed by atoms with E-state index in [2.05, 4.69) is 5.92 Å². The van der Waals surface area contributed by atoms with E-state index in [-0.39, 0.29) is 18.6 Å². The summed E-state index contributed by atoms with van der Waals surface area (Å²) < 4.78 is 10.9. The fourth-order valence-corrected chi connectivity index (χ4v) is 3.94. The van der Waals surface area contributed by atoms with Crippen molar-refractivity contribution in [1.29, 1.82) is 0 Å². The minimum absolute atomic E-state index is 0.0268. The lowest BCUT2D eigenvalue weighted by Crippen LogP contribution is -2.41. The standard InChI is InChI=1S/C21H24N2O3S/c1-4-12-26-18-11-10-15(14-19(18)25-3)13-17-20(24)23(21(27)22(17)2)16-8-6-5-7-9-16/h1,10-11,13-14,16H,5-9,12H2,2-3H3. The number of rotatable bonds is 5. The largest absolute Gasteiger partial charge is 0.493 e. The first-order valence-electron chi connectivity index (χ1n) is 9.14. The molecule has 1 aliphatic carbocycles. The second kappa shape index (κ2) is 8.45. The number of terminal acetylenes is 1. The van der Waals surface area contributed by atoms with Gasteiger partial charge in [0.25, 0.3) is 5.91 Å². The van der Waals surface area contributed by atoms with Crippen molar-refractivity contribution < 1.29 is 14.3 Å². The van der Waals surface area contributed by atoms with Crippen LogP contribution >= 0.6 is 12.2 Å². The molecule has 27 heavy (non-hydrogen) atoms. The number of thiocarbonyl (C=S) groups is 1. The van der Waals surface area contributed by atoms with Gasteiger partial charge in [-0.15, -0.1) is 6.42 Å². The van der Waals surface area contributed by atoms with Crippen molar-refractivity contribution in [3.05, 3.63) is 29.5 Å². The van der Waals surface area contributed by atoms with E-state index in [1.54, 1.807) is 23.0 Å². The van der Waals surface area contributed by atoms with Crippen LogP contribution in [0.5, 0.6) is 11.5 Å². The van der Waals surface area contributed by atoms with E-state index in [4.69, 9.17) is 28.1 Å². The van der Waals surface area contributed by atoms with Gasteiger partial charge in [-0.05, 0) is 48.8 Å². The summed E-state index contributed by atoms with van der Waals surface area (Å²) in [6, 6.07) is 5.70. The summed E-state index contributed by atoms with van der Waals surface area (Å²) in [6.45, 7) is 0.169. The van der Waals surface area contributed by atoms with Crippen molar-refractivity contribution >= 4 is 29.3 Å². The predicted molar refractivity (Wildman–Crippen MR) is 109 cm³/mol. The predicted octanol–water partition coefficient (Wildman–Crippen LogP) is 3.44. The van der Waals surface area contributed by atoms with E-state index >= 15 is 0 Å². The monoisotopic (exact) mass is 384 g/mol. The van der Waals surface area contributed by atoms with Gasteiger partial charge in [0.2, 0.25) is 0 Å². The van der Waals surface area contributed by atoms with E-state index in [1.165, 1.54) is 6.42 Å².